The van der Waals surface area contributed by atoms with E-state index >= 15 is 0 Å². The number of anilines is 1. The van der Waals surface area contributed by atoms with E-state index in [1.165, 1.54) is 11.1 Å². The van der Waals surface area contributed by atoms with Crippen LogP contribution in [0.2, 0.25) is 0 Å². The van der Waals surface area contributed by atoms with Crippen LogP contribution in [-0.4, -0.2) is 32.0 Å². The van der Waals surface area contributed by atoms with E-state index in [1.54, 1.807) is 7.05 Å². The summed E-state index contributed by atoms with van der Waals surface area (Å²) in [5.41, 5.74) is 4.76. The number of aliphatic imine (C=N–C) groups is 1. The molecule has 1 aliphatic rings. The molecule has 1 aliphatic heterocycles. The molecule has 1 heterocycles. The van der Waals surface area contributed by atoms with Gasteiger partial charge in [0, 0.05) is 38.8 Å². The SMILES string of the molecule is CN=C(NCCc1cccc(C)c1)NCc1ccc(N2CCCC2=O)cc1. The third-order valence-electron chi connectivity index (χ3n) is 4.79. The molecule has 0 saturated carbocycles. The molecule has 27 heavy (non-hydrogen) atoms. The number of benzene rings is 2. The fourth-order valence-corrected chi connectivity index (χ4v) is 3.31. The van der Waals surface area contributed by atoms with Gasteiger partial charge in [-0.05, 0) is 43.0 Å². The number of hydrogen-bond donors (Lipinski definition) is 2. The van der Waals surface area contributed by atoms with Gasteiger partial charge in [0.15, 0.2) is 5.96 Å². The first-order chi connectivity index (χ1) is 13.2. The lowest BCUT2D eigenvalue weighted by Gasteiger charge is -2.16. The summed E-state index contributed by atoms with van der Waals surface area (Å²) in [5.74, 6) is 1.01. The first-order valence-corrected chi connectivity index (χ1v) is 9.55. The van der Waals surface area contributed by atoms with Gasteiger partial charge in [-0.15, -0.1) is 0 Å². The van der Waals surface area contributed by atoms with Crippen LogP contribution in [0.4, 0.5) is 5.69 Å². The van der Waals surface area contributed by atoms with Gasteiger partial charge in [0.2, 0.25) is 5.91 Å². The number of guanidine groups is 1. The van der Waals surface area contributed by atoms with E-state index in [2.05, 4.69) is 58.9 Å². The molecule has 1 saturated heterocycles. The molecule has 5 nitrogen and oxygen atoms in total. The van der Waals surface area contributed by atoms with Crippen LogP contribution in [0.25, 0.3) is 0 Å². The Labute approximate surface area is 161 Å². The van der Waals surface area contributed by atoms with Crippen LogP contribution in [0.1, 0.15) is 29.5 Å². The van der Waals surface area contributed by atoms with Crippen molar-refractivity contribution in [2.75, 3.05) is 25.0 Å². The summed E-state index contributed by atoms with van der Waals surface area (Å²) < 4.78 is 0. The van der Waals surface area contributed by atoms with Gasteiger partial charge in [-0.1, -0.05) is 42.0 Å². The predicted octanol–water partition coefficient (Wildman–Crippen LogP) is 3.03. The summed E-state index contributed by atoms with van der Waals surface area (Å²) in [6.07, 6.45) is 2.57. The van der Waals surface area contributed by atoms with Crippen LogP contribution < -0.4 is 15.5 Å². The fraction of sp³-hybridized carbons (Fsp3) is 0.364. The third-order valence-corrected chi connectivity index (χ3v) is 4.79. The maximum absolute atomic E-state index is 11.8. The van der Waals surface area contributed by atoms with Crippen LogP contribution in [0.15, 0.2) is 53.5 Å². The van der Waals surface area contributed by atoms with Crippen LogP contribution in [-0.2, 0) is 17.8 Å². The Hall–Kier alpha value is -2.82. The summed E-state index contributed by atoms with van der Waals surface area (Å²) in [5, 5.41) is 6.70. The summed E-state index contributed by atoms with van der Waals surface area (Å²) in [6, 6.07) is 16.7. The van der Waals surface area contributed by atoms with E-state index in [1.807, 2.05) is 17.0 Å². The smallest absolute Gasteiger partial charge is 0.227 e. The molecule has 0 unspecified atom stereocenters. The molecule has 3 rings (SSSR count). The largest absolute Gasteiger partial charge is 0.356 e. The van der Waals surface area contributed by atoms with Crippen molar-refractivity contribution in [2.45, 2.75) is 32.7 Å². The molecular formula is C22H28N4O. The number of carbonyl (C=O) groups excluding carboxylic acids is 1. The normalized spacial score (nSPS) is 14.5. The van der Waals surface area contributed by atoms with Gasteiger partial charge >= 0.3 is 0 Å². The molecule has 1 fully saturated rings. The lowest BCUT2D eigenvalue weighted by molar-refractivity contribution is -0.117. The number of carbonyl (C=O) groups is 1. The lowest BCUT2D eigenvalue weighted by Crippen LogP contribution is -2.37. The summed E-state index contributed by atoms with van der Waals surface area (Å²) in [7, 11) is 1.78. The van der Waals surface area contributed by atoms with Gasteiger partial charge in [0.1, 0.15) is 0 Å². The second-order valence-electron chi connectivity index (χ2n) is 6.91. The molecule has 2 aromatic rings. The van der Waals surface area contributed by atoms with Gasteiger partial charge < -0.3 is 15.5 Å². The second kappa shape index (κ2) is 9.21. The molecule has 142 valence electrons. The summed E-state index contributed by atoms with van der Waals surface area (Å²) in [6.45, 7) is 4.47. The Morgan fingerprint density at radius 3 is 2.59 bits per heavy atom. The predicted molar refractivity (Wildman–Crippen MR) is 111 cm³/mol. The van der Waals surface area contributed by atoms with E-state index in [0.717, 1.165) is 43.1 Å². The number of amides is 1. The molecule has 2 aromatic carbocycles. The highest BCUT2D eigenvalue weighted by Crippen LogP contribution is 2.21. The minimum atomic E-state index is 0.221. The van der Waals surface area contributed by atoms with Crippen molar-refractivity contribution in [3.8, 4) is 0 Å². The molecule has 5 heteroatoms. The highest BCUT2D eigenvalue weighted by molar-refractivity contribution is 5.95. The molecule has 0 aliphatic carbocycles. The Bertz CT molecular complexity index is 798. The number of rotatable bonds is 6. The van der Waals surface area contributed by atoms with E-state index in [0.29, 0.717) is 13.0 Å². The van der Waals surface area contributed by atoms with E-state index in [9.17, 15) is 4.79 Å². The zero-order valence-corrected chi connectivity index (χ0v) is 16.2. The Morgan fingerprint density at radius 1 is 1.11 bits per heavy atom. The maximum atomic E-state index is 11.8. The van der Waals surface area contributed by atoms with Gasteiger partial charge in [0.25, 0.3) is 0 Å². The van der Waals surface area contributed by atoms with Crippen molar-refractivity contribution in [2.24, 2.45) is 4.99 Å². The zero-order chi connectivity index (χ0) is 19.1. The molecule has 0 radical (unpaired) electrons. The highest BCUT2D eigenvalue weighted by Gasteiger charge is 2.21. The third kappa shape index (κ3) is 5.33. The van der Waals surface area contributed by atoms with Crippen molar-refractivity contribution in [3.05, 3.63) is 65.2 Å². The summed E-state index contributed by atoms with van der Waals surface area (Å²) in [4.78, 5) is 18.0. The van der Waals surface area contributed by atoms with Crippen molar-refractivity contribution in [1.82, 2.24) is 10.6 Å². The standard InChI is InChI=1S/C22H28N4O/c1-17-5-3-6-18(15-17)12-13-24-22(23-2)25-16-19-8-10-20(11-9-19)26-14-4-7-21(26)27/h3,5-6,8-11,15H,4,7,12-14,16H2,1-2H3,(H2,23,24,25). The van der Waals surface area contributed by atoms with Crippen LogP contribution in [0.3, 0.4) is 0 Å². The zero-order valence-electron chi connectivity index (χ0n) is 16.2. The second-order valence-corrected chi connectivity index (χ2v) is 6.91. The van der Waals surface area contributed by atoms with Crippen molar-refractivity contribution in [3.63, 3.8) is 0 Å². The Balaban J connectivity index is 1.45. The van der Waals surface area contributed by atoms with Crippen molar-refractivity contribution < 1.29 is 4.79 Å². The number of aryl methyl sites for hydroxylation is 1. The van der Waals surface area contributed by atoms with E-state index in [4.69, 9.17) is 0 Å². The number of nitrogens with zero attached hydrogens (tertiary/aromatic N) is 2. The van der Waals surface area contributed by atoms with Gasteiger partial charge in [-0.25, -0.2) is 0 Å². The first-order valence-electron chi connectivity index (χ1n) is 9.55. The molecule has 0 spiro atoms. The van der Waals surface area contributed by atoms with Gasteiger partial charge in [-0.2, -0.15) is 0 Å². The molecular weight excluding hydrogens is 336 g/mol. The molecule has 0 atom stereocenters. The minimum Gasteiger partial charge on any atom is -0.356 e. The van der Waals surface area contributed by atoms with Crippen LogP contribution in [0.5, 0.6) is 0 Å². The fourth-order valence-electron chi connectivity index (χ4n) is 3.31. The van der Waals surface area contributed by atoms with Gasteiger partial charge in [-0.3, -0.25) is 9.79 Å². The average molecular weight is 364 g/mol. The molecule has 2 N–H and O–H groups in total. The monoisotopic (exact) mass is 364 g/mol. The lowest BCUT2D eigenvalue weighted by atomic mass is 10.1. The van der Waals surface area contributed by atoms with Crippen LogP contribution in [0, 0.1) is 6.92 Å². The topological polar surface area (TPSA) is 56.7 Å². The summed E-state index contributed by atoms with van der Waals surface area (Å²) >= 11 is 0. The molecule has 0 bridgehead atoms. The first kappa shape index (κ1) is 19.0. The number of nitrogens with one attached hydrogen (secondary N) is 2. The van der Waals surface area contributed by atoms with Gasteiger partial charge in [0.05, 0.1) is 0 Å². The minimum absolute atomic E-state index is 0.221. The Morgan fingerprint density at radius 2 is 1.93 bits per heavy atom. The maximum Gasteiger partial charge on any atom is 0.227 e. The van der Waals surface area contributed by atoms with E-state index < -0.39 is 0 Å². The van der Waals surface area contributed by atoms with Crippen molar-refractivity contribution in [1.29, 1.82) is 0 Å². The molecule has 0 aromatic heterocycles. The molecule has 1 amide bonds. The quantitative estimate of drug-likeness (QED) is 0.612. The van der Waals surface area contributed by atoms with Crippen LogP contribution >= 0.6 is 0 Å². The Kier molecular flexibility index (Phi) is 6.47. The average Bonchev–Trinajstić information content (AvgIpc) is 3.11. The van der Waals surface area contributed by atoms with E-state index in [-0.39, 0.29) is 5.91 Å². The highest BCUT2D eigenvalue weighted by atomic mass is 16.2. The number of hydrogen-bond acceptors (Lipinski definition) is 2. The van der Waals surface area contributed by atoms with Crippen molar-refractivity contribution >= 4 is 17.6 Å².